The number of nitrogens with zero attached hydrogens (tertiary/aromatic N) is 1. The zero-order chi connectivity index (χ0) is 25.8. The summed E-state index contributed by atoms with van der Waals surface area (Å²) in [5, 5.41) is 4.64. The van der Waals surface area contributed by atoms with Gasteiger partial charge in [-0.15, -0.1) is 0 Å². The van der Waals surface area contributed by atoms with Crippen LogP contribution in [-0.2, 0) is 16.2 Å². The number of imide groups is 1. The van der Waals surface area contributed by atoms with E-state index < -0.39 is 17.1 Å². The molecule has 184 valence electrons. The van der Waals surface area contributed by atoms with Gasteiger partial charge in [0.05, 0.1) is 4.91 Å². The molecule has 3 amide bonds. The largest absolute Gasteiger partial charge is 0.489 e. The van der Waals surface area contributed by atoms with Crippen LogP contribution in [0.1, 0.15) is 16.7 Å². The quantitative estimate of drug-likeness (QED) is 0.292. The van der Waals surface area contributed by atoms with Crippen LogP contribution >= 0.6 is 11.8 Å². The third kappa shape index (κ3) is 5.73. The average Bonchev–Trinajstić information content (AvgIpc) is 3.16. The van der Waals surface area contributed by atoms with Crippen molar-refractivity contribution >= 4 is 51.4 Å². The Bertz CT molecular complexity index is 1530. The summed E-state index contributed by atoms with van der Waals surface area (Å²) in [5.41, 5.74) is 3.38. The van der Waals surface area contributed by atoms with Crippen LogP contribution < -0.4 is 10.1 Å². The van der Waals surface area contributed by atoms with Gasteiger partial charge < -0.3 is 10.1 Å². The summed E-state index contributed by atoms with van der Waals surface area (Å²) in [6, 6.07) is 29.1. The fourth-order valence-electron chi connectivity index (χ4n) is 3.99. The number of rotatable bonds is 7. The van der Waals surface area contributed by atoms with Crippen LogP contribution in [-0.4, -0.2) is 28.5 Å². The molecule has 0 aliphatic carbocycles. The smallest absolute Gasteiger partial charge is 0.294 e. The highest BCUT2D eigenvalue weighted by Gasteiger charge is 2.36. The number of ether oxygens (including phenoxy) is 1. The Balaban J connectivity index is 1.19. The zero-order valence-electron chi connectivity index (χ0n) is 20.1. The minimum Gasteiger partial charge on any atom is -0.489 e. The third-order valence-electron chi connectivity index (χ3n) is 5.99. The van der Waals surface area contributed by atoms with E-state index in [0.29, 0.717) is 18.0 Å². The number of para-hydroxylation sites is 1. The molecule has 1 aliphatic rings. The van der Waals surface area contributed by atoms with Crippen LogP contribution in [0.3, 0.4) is 0 Å². The van der Waals surface area contributed by atoms with Gasteiger partial charge in [0, 0.05) is 5.69 Å². The number of fused-ring (bicyclic) bond motifs is 1. The van der Waals surface area contributed by atoms with Crippen molar-refractivity contribution in [2.75, 3.05) is 11.9 Å². The number of hydrogen-bond acceptors (Lipinski definition) is 5. The van der Waals surface area contributed by atoms with Crippen molar-refractivity contribution in [3.63, 3.8) is 0 Å². The van der Waals surface area contributed by atoms with E-state index in [1.807, 2.05) is 67.6 Å². The molecule has 4 aromatic rings. The van der Waals surface area contributed by atoms with Crippen LogP contribution in [0, 0.1) is 6.92 Å². The van der Waals surface area contributed by atoms with E-state index in [4.69, 9.17) is 4.74 Å². The highest BCUT2D eigenvalue weighted by atomic mass is 32.2. The van der Waals surface area contributed by atoms with E-state index in [9.17, 15) is 14.4 Å². The molecule has 1 aliphatic heterocycles. The number of thioether (sulfide) groups is 1. The summed E-state index contributed by atoms with van der Waals surface area (Å²) in [6.45, 7) is 1.98. The molecular weight excluding hydrogens is 484 g/mol. The molecule has 0 unspecified atom stereocenters. The van der Waals surface area contributed by atoms with Crippen LogP contribution in [0.15, 0.2) is 95.9 Å². The van der Waals surface area contributed by atoms with Gasteiger partial charge >= 0.3 is 0 Å². The SMILES string of the molecule is Cc1ccccc1NC(=O)CN1C(=O)S/C(=C\c2ccc(OCc3ccc4ccccc4c3)cc2)C1=O. The summed E-state index contributed by atoms with van der Waals surface area (Å²) in [7, 11) is 0. The first-order chi connectivity index (χ1) is 18.0. The predicted octanol–water partition coefficient (Wildman–Crippen LogP) is 6.40. The highest BCUT2D eigenvalue weighted by Crippen LogP contribution is 2.32. The normalized spacial score (nSPS) is 14.4. The zero-order valence-corrected chi connectivity index (χ0v) is 21.0. The molecule has 37 heavy (non-hydrogen) atoms. The van der Waals surface area contributed by atoms with E-state index in [1.165, 1.54) is 10.8 Å². The van der Waals surface area contributed by atoms with Gasteiger partial charge in [-0.3, -0.25) is 19.3 Å². The number of nitrogens with one attached hydrogen (secondary N) is 1. The Morgan fingerprint density at radius 1 is 0.919 bits per heavy atom. The Morgan fingerprint density at radius 2 is 1.65 bits per heavy atom. The van der Waals surface area contributed by atoms with Crippen molar-refractivity contribution in [2.24, 2.45) is 0 Å². The molecule has 0 aromatic heterocycles. The van der Waals surface area contributed by atoms with Crippen LogP contribution in [0.2, 0.25) is 0 Å². The average molecular weight is 509 g/mol. The first-order valence-electron chi connectivity index (χ1n) is 11.8. The topological polar surface area (TPSA) is 75.7 Å². The van der Waals surface area contributed by atoms with Crippen molar-refractivity contribution in [1.29, 1.82) is 0 Å². The van der Waals surface area contributed by atoms with Crippen LogP contribution in [0.4, 0.5) is 10.5 Å². The maximum absolute atomic E-state index is 12.8. The molecule has 4 aromatic carbocycles. The number of carbonyl (C=O) groups excluding carboxylic acids is 3. The second-order valence-electron chi connectivity index (χ2n) is 8.67. The van der Waals surface area contributed by atoms with Crippen LogP contribution in [0.5, 0.6) is 5.75 Å². The van der Waals surface area contributed by atoms with Gasteiger partial charge in [0.15, 0.2) is 0 Å². The second kappa shape index (κ2) is 10.7. The second-order valence-corrected chi connectivity index (χ2v) is 9.66. The van der Waals surface area contributed by atoms with Gasteiger partial charge in [0.25, 0.3) is 11.1 Å². The number of anilines is 1. The highest BCUT2D eigenvalue weighted by molar-refractivity contribution is 8.18. The predicted molar refractivity (Wildman–Crippen MR) is 147 cm³/mol. The fraction of sp³-hybridized carbons (Fsp3) is 0.100. The molecular formula is C30H24N2O4S. The summed E-state index contributed by atoms with van der Waals surface area (Å²) < 4.78 is 5.92. The van der Waals surface area contributed by atoms with E-state index in [0.717, 1.165) is 33.4 Å². The number of carbonyl (C=O) groups is 3. The molecule has 0 bridgehead atoms. The van der Waals surface area contributed by atoms with Crippen molar-refractivity contribution < 1.29 is 19.1 Å². The van der Waals surface area contributed by atoms with Gasteiger partial charge in [0.2, 0.25) is 5.91 Å². The molecule has 1 N–H and O–H groups in total. The molecule has 1 heterocycles. The lowest BCUT2D eigenvalue weighted by Gasteiger charge is -2.13. The Morgan fingerprint density at radius 3 is 2.43 bits per heavy atom. The number of aryl methyl sites for hydroxylation is 1. The summed E-state index contributed by atoms with van der Waals surface area (Å²) in [6.07, 6.45) is 1.65. The van der Waals surface area contributed by atoms with Crippen molar-refractivity contribution in [3.05, 3.63) is 113 Å². The molecule has 1 fully saturated rings. The molecule has 5 rings (SSSR count). The van der Waals surface area contributed by atoms with Crippen molar-refractivity contribution in [1.82, 2.24) is 4.90 Å². The van der Waals surface area contributed by atoms with Crippen LogP contribution in [0.25, 0.3) is 16.8 Å². The number of benzene rings is 4. The molecule has 7 heteroatoms. The summed E-state index contributed by atoms with van der Waals surface area (Å²) in [5.74, 6) is -0.205. The monoisotopic (exact) mass is 508 g/mol. The lowest BCUT2D eigenvalue weighted by atomic mass is 10.1. The van der Waals surface area contributed by atoms with E-state index in [2.05, 4.69) is 29.6 Å². The fourth-order valence-corrected chi connectivity index (χ4v) is 4.83. The van der Waals surface area contributed by atoms with Gasteiger partial charge in [-0.25, -0.2) is 0 Å². The maximum Gasteiger partial charge on any atom is 0.294 e. The Hall–Kier alpha value is -4.36. The Kier molecular flexibility index (Phi) is 7.05. The van der Waals surface area contributed by atoms with E-state index >= 15 is 0 Å². The van der Waals surface area contributed by atoms with Gasteiger partial charge in [-0.05, 0) is 76.5 Å². The minimum atomic E-state index is -0.480. The van der Waals surface area contributed by atoms with Crippen molar-refractivity contribution in [3.8, 4) is 5.75 Å². The molecule has 1 saturated heterocycles. The van der Waals surface area contributed by atoms with Gasteiger partial charge in [-0.1, -0.05) is 66.7 Å². The van der Waals surface area contributed by atoms with Gasteiger partial charge in [0.1, 0.15) is 18.9 Å². The Labute approximate surface area is 218 Å². The lowest BCUT2D eigenvalue weighted by molar-refractivity contribution is -0.127. The maximum atomic E-state index is 12.8. The van der Waals surface area contributed by atoms with E-state index in [1.54, 1.807) is 12.1 Å². The first-order valence-corrected chi connectivity index (χ1v) is 12.6. The number of hydrogen-bond donors (Lipinski definition) is 1. The first kappa shape index (κ1) is 24.3. The van der Waals surface area contributed by atoms with Crippen molar-refractivity contribution in [2.45, 2.75) is 13.5 Å². The summed E-state index contributed by atoms with van der Waals surface area (Å²) >= 11 is 0.828. The van der Waals surface area contributed by atoms with E-state index in [-0.39, 0.29) is 11.4 Å². The minimum absolute atomic E-state index is 0.276. The molecule has 6 nitrogen and oxygen atoms in total. The lowest BCUT2D eigenvalue weighted by Crippen LogP contribution is -2.36. The third-order valence-corrected chi connectivity index (χ3v) is 6.90. The number of amides is 3. The molecule has 0 spiro atoms. The molecule has 0 radical (unpaired) electrons. The standard InChI is InChI=1S/C30H24N2O4S/c1-20-6-2-5-9-26(20)31-28(33)18-32-29(34)27(37-30(32)35)17-21-11-14-25(15-12-21)36-19-22-10-13-23-7-3-4-8-24(23)16-22/h2-17H,18-19H2,1H3,(H,31,33)/b27-17-. The van der Waals surface area contributed by atoms with Gasteiger partial charge in [-0.2, -0.15) is 0 Å². The summed E-state index contributed by atoms with van der Waals surface area (Å²) in [4.78, 5) is 38.9. The molecule has 0 saturated carbocycles. The molecule has 0 atom stereocenters.